The first-order valence-electron chi connectivity index (χ1n) is 12.8. The van der Waals surface area contributed by atoms with E-state index in [1.807, 2.05) is 17.5 Å². The van der Waals surface area contributed by atoms with E-state index in [4.69, 9.17) is 35.3 Å². The summed E-state index contributed by atoms with van der Waals surface area (Å²) in [6, 6.07) is 10.2. The van der Waals surface area contributed by atoms with Gasteiger partial charge in [0.1, 0.15) is 18.4 Å². The van der Waals surface area contributed by atoms with Crippen molar-refractivity contribution in [3.8, 4) is 0 Å². The molecule has 0 saturated carbocycles. The van der Waals surface area contributed by atoms with Crippen LogP contribution in [0.5, 0.6) is 0 Å². The standard InChI is InChI=1S/C28H27ClN2O10S2/c1-14(32)37-13-22-23(38-15(2)33)24(39-16(3)34)25(40-17(4)35)27(41-22)43-28-30-21(12-20-6-5-11-42-20)26(36)31(28)19-9-7-18(29)8-10-19/h5-12,22-25,27H,13H2,1-4H3/b21-12-/t22-,23-,24+,25+,27-/m0/s1. The van der Waals surface area contributed by atoms with Crippen LogP contribution in [0.3, 0.4) is 0 Å². The Morgan fingerprint density at radius 3 is 2.16 bits per heavy atom. The lowest BCUT2D eigenvalue weighted by Crippen LogP contribution is -2.61. The number of halogens is 1. The minimum Gasteiger partial charge on any atom is -0.463 e. The third-order valence-electron chi connectivity index (χ3n) is 5.91. The van der Waals surface area contributed by atoms with Gasteiger partial charge >= 0.3 is 23.9 Å². The number of aliphatic imine (C=N–C) groups is 1. The van der Waals surface area contributed by atoms with Gasteiger partial charge in [0.2, 0.25) is 0 Å². The van der Waals surface area contributed by atoms with Gasteiger partial charge in [-0.3, -0.25) is 28.9 Å². The third-order valence-corrected chi connectivity index (χ3v) is 8.07. The van der Waals surface area contributed by atoms with Crippen LogP contribution < -0.4 is 4.90 Å². The molecule has 1 fully saturated rings. The number of carbonyl (C=O) groups is 5. The van der Waals surface area contributed by atoms with Crippen LogP contribution in [-0.4, -0.2) is 71.4 Å². The minimum atomic E-state index is -1.36. The highest BCUT2D eigenvalue weighted by Gasteiger charge is 2.53. The summed E-state index contributed by atoms with van der Waals surface area (Å²) in [5.41, 5.74) is -0.602. The van der Waals surface area contributed by atoms with Gasteiger partial charge in [0, 0.05) is 37.6 Å². The number of hydrogen-bond acceptors (Lipinski definition) is 13. The summed E-state index contributed by atoms with van der Waals surface area (Å²) in [4.78, 5) is 68.4. The first-order valence-corrected chi connectivity index (χ1v) is 15.0. The van der Waals surface area contributed by atoms with Crippen molar-refractivity contribution < 1.29 is 47.7 Å². The highest BCUT2D eigenvalue weighted by molar-refractivity contribution is 8.14. The quantitative estimate of drug-likeness (QED) is 0.232. The molecule has 1 amide bonds. The molecule has 2 aromatic rings. The first-order chi connectivity index (χ1) is 20.4. The summed E-state index contributed by atoms with van der Waals surface area (Å²) in [6.07, 6.45) is -3.52. The topological polar surface area (TPSA) is 147 Å². The lowest BCUT2D eigenvalue weighted by molar-refractivity contribution is -0.237. The lowest BCUT2D eigenvalue weighted by Gasteiger charge is -2.44. The second kappa shape index (κ2) is 14.2. The number of esters is 4. The van der Waals surface area contributed by atoms with Gasteiger partial charge in [-0.25, -0.2) is 4.99 Å². The van der Waals surface area contributed by atoms with Crippen LogP contribution in [0.4, 0.5) is 5.69 Å². The number of benzene rings is 1. The molecule has 0 aliphatic carbocycles. The molecule has 0 N–H and O–H groups in total. The Morgan fingerprint density at radius 2 is 1.58 bits per heavy atom. The van der Waals surface area contributed by atoms with Crippen LogP contribution in [0.25, 0.3) is 6.08 Å². The molecule has 12 nitrogen and oxygen atoms in total. The fraction of sp³-hybridized carbons (Fsp3) is 0.357. The zero-order chi connectivity index (χ0) is 31.3. The van der Waals surface area contributed by atoms with Crippen LogP contribution in [0.15, 0.2) is 52.5 Å². The Labute approximate surface area is 259 Å². The largest absolute Gasteiger partial charge is 0.463 e. The van der Waals surface area contributed by atoms with Gasteiger partial charge in [0.05, 0.1) is 5.69 Å². The van der Waals surface area contributed by atoms with E-state index in [1.54, 1.807) is 30.3 Å². The van der Waals surface area contributed by atoms with Crippen molar-refractivity contribution in [2.24, 2.45) is 4.99 Å². The number of thioether (sulfide) groups is 1. The van der Waals surface area contributed by atoms with Crippen molar-refractivity contribution in [2.75, 3.05) is 11.5 Å². The van der Waals surface area contributed by atoms with E-state index in [0.29, 0.717) is 10.7 Å². The van der Waals surface area contributed by atoms with Gasteiger partial charge in [-0.1, -0.05) is 29.4 Å². The van der Waals surface area contributed by atoms with Gasteiger partial charge in [-0.2, -0.15) is 0 Å². The van der Waals surface area contributed by atoms with E-state index in [1.165, 1.54) is 23.2 Å². The number of amidine groups is 1. The number of ether oxygens (including phenoxy) is 5. The maximum absolute atomic E-state index is 13.6. The summed E-state index contributed by atoms with van der Waals surface area (Å²) in [6.45, 7) is 4.23. The number of thiophene rings is 1. The van der Waals surface area contributed by atoms with E-state index in [0.717, 1.165) is 37.4 Å². The van der Waals surface area contributed by atoms with Crippen molar-refractivity contribution in [1.29, 1.82) is 0 Å². The second-order valence-corrected chi connectivity index (χ2v) is 11.7. The van der Waals surface area contributed by atoms with Crippen molar-refractivity contribution in [3.05, 3.63) is 57.4 Å². The highest BCUT2D eigenvalue weighted by Crippen LogP contribution is 2.39. The molecular formula is C28H27ClN2O10S2. The fourth-order valence-corrected chi connectivity index (χ4v) is 6.26. The van der Waals surface area contributed by atoms with Crippen LogP contribution >= 0.6 is 34.7 Å². The van der Waals surface area contributed by atoms with Crippen molar-refractivity contribution in [2.45, 2.75) is 57.5 Å². The molecule has 2 aliphatic rings. The molecule has 0 spiro atoms. The van der Waals surface area contributed by atoms with E-state index < -0.39 is 59.6 Å². The zero-order valence-corrected chi connectivity index (χ0v) is 25.8. The Morgan fingerprint density at radius 1 is 0.953 bits per heavy atom. The van der Waals surface area contributed by atoms with Crippen LogP contribution in [0, 0.1) is 0 Å². The molecule has 228 valence electrons. The van der Waals surface area contributed by atoms with Gasteiger partial charge in [-0.15, -0.1) is 11.3 Å². The Bertz CT molecular complexity index is 1440. The molecule has 2 aliphatic heterocycles. The minimum absolute atomic E-state index is 0.130. The predicted octanol–water partition coefficient (Wildman–Crippen LogP) is 3.96. The fourth-order valence-electron chi connectivity index (χ4n) is 4.29. The van der Waals surface area contributed by atoms with Crippen LogP contribution in [0.1, 0.15) is 32.6 Å². The number of nitrogens with zero attached hydrogens (tertiary/aromatic N) is 2. The lowest BCUT2D eigenvalue weighted by atomic mass is 9.99. The zero-order valence-electron chi connectivity index (χ0n) is 23.4. The molecule has 0 unspecified atom stereocenters. The normalized spacial score (nSPS) is 24.3. The van der Waals surface area contributed by atoms with Crippen molar-refractivity contribution >= 4 is 81.4 Å². The highest BCUT2D eigenvalue weighted by atomic mass is 35.5. The molecule has 43 heavy (non-hydrogen) atoms. The number of amides is 1. The molecular weight excluding hydrogens is 624 g/mol. The van der Waals surface area contributed by atoms with Crippen molar-refractivity contribution in [3.63, 3.8) is 0 Å². The number of rotatable bonds is 8. The van der Waals surface area contributed by atoms with E-state index in [9.17, 15) is 24.0 Å². The van der Waals surface area contributed by atoms with Gasteiger partial charge in [0.15, 0.2) is 28.9 Å². The van der Waals surface area contributed by atoms with Crippen LogP contribution in [-0.2, 0) is 47.7 Å². The molecule has 15 heteroatoms. The first kappa shape index (κ1) is 32.2. The van der Waals surface area contributed by atoms with Gasteiger partial charge in [-0.05, 0) is 41.8 Å². The molecule has 0 radical (unpaired) electrons. The SMILES string of the molecule is CC(=O)OC[C@@H]1O[C@@H](SC2=N/C(=C\c3cccs3)C(=O)N2c2ccc(Cl)cc2)[C@H](OC(C)=O)[C@H](OC(C)=O)[C@H]1OC(C)=O. The Kier molecular flexibility index (Phi) is 10.6. The average Bonchev–Trinajstić information content (AvgIpc) is 3.54. The smallest absolute Gasteiger partial charge is 0.303 e. The van der Waals surface area contributed by atoms with Crippen molar-refractivity contribution in [1.82, 2.24) is 0 Å². The molecule has 1 aromatic carbocycles. The summed E-state index contributed by atoms with van der Waals surface area (Å²) >= 11 is 8.41. The molecule has 1 saturated heterocycles. The summed E-state index contributed by atoms with van der Waals surface area (Å²) < 4.78 is 27.8. The average molecular weight is 651 g/mol. The number of carbonyl (C=O) groups excluding carboxylic acids is 5. The monoisotopic (exact) mass is 650 g/mol. The summed E-state index contributed by atoms with van der Waals surface area (Å²) in [5.74, 6) is -3.32. The van der Waals surface area contributed by atoms with Gasteiger partial charge in [0.25, 0.3) is 5.91 Å². The second-order valence-electron chi connectivity index (χ2n) is 9.24. The third kappa shape index (κ3) is 8.22. The Hall–Kier alpha value is -3.72. The molecule has 0 bridgehead atoms. The molecule has 5 atom stereocenters. The Balaban J connectivity index is 1.78. The maximum Gasteiger partial charge on any atom is 0.303 e. The van der Waals surface area contributed by atoms with E-state index in [2.05, 4.69) is 4.99 Å². The predicted molar refractivity (Wildman–Crippen MR) is 158 cm³/mol. The maximum atomic E-state index is 13.6. The summed E-state index contributed by atoms with van der Waals surface area (Å²) in [5, 5.41) is 2.46. The molecule has 3 heterocycles. The van der Waals surface area contributed by atoms with Gasteiger partial charge < -0.3 is 23.7 Å². The molecule has 4 rings (SSSR count). The summed E-state index contributed by atoms with van der Waals surface area (Å²) in [7, 11) is 0. The molecule has 1 aromatic heterocycles. The van der Waals surface area contributed by atoms with E-state index in [-0.39, 0.29) is 17.5 Å². The van der Waals surface area contributed by atoms with Crippen LogP contribution in [0.2, 0.25) is 5.02 Å². The number of hydrogen-bond donors (Lipinski definition) is 0. The van der Waals surface area contributed by atoms with E-state index >= 15 is 0 Å². The number of anilines is 1.